The molecule has 0 fully saturated rings. The number of benzene rings is 1. The van der Waals surface area contributed by atoms with E-state index in [1.165, 1.54) is 5.56 Å². The van der Waals surface area contributed by atoms with E-state index < -0.39 is 0 Å². The molecule has 0 aliphatic carbocycles. The number of hydrogen-bond donors (Lipinski definition) is 1. The van der Waals surface area contributed by atoms with Crippen molar-refractivity contribution in [2.45, 2.75) is 20.4 Å². The Bertz CT molecular complexity index is 652. The van der Waals surface area contributed by atoms with Crippen LogP contribution in [0.25, 0.3) is 0 Å². The molecule has 2 aromatic rings. The van der Waals surface area contributed by atoms with Crippen LogP contribution in [0.5, 0.6) is 0 Å². The first-order valence-corrected chi connectivity index (χ1v) is 6.97. The number of carbonyl (C=O) groups is 1. The number of nitrogens with one attached hydrogen (secondary N) is 1. The number of pyridine rings is 1. The summed E-state index contributed by atoms with van der Waals surface area (Å²) in [5, 5.41) is 3.06. The van der Waals surface area contributed by atoms with Crippen molar-refractivity contribution in [1.82, 2.24) is 9.88 Å². The molecule has 21 heavy (non-hydrogen) atoms. The highest BCUT2D eigenvalue weighted by Gasteiger charge is 2.16. The molecule has 1 aromatic heterocycles. The highest BCUT2D eigenvalue weighted by molar-refractivity contribution is 5.99. The molecule has 110 valence electrons. The zero-order chi connectivity index (χ0) is 15.4. The fraction of sp³-hybridized carbons (Fsp3) is 0.294. The molecule has 0 aliphatic heterocycles. The Labute approximate surface area is 125 Å². The molecule has 1 N–H and O–H groups in total. The third kappa shape index (κ3) is 3.40. The summed E-state index contributed by atoms with van der Waals surface area (Å²) in [4.78, 5) is 18.5. The van der Waals surface area contributed by atoms with Crippen molar-refractivity contribution >= 4 is 11.6 Å². The first kappa shape index (κ1) is 15.0. The van der Waals surface area contributed by atoms with Crippen LogP contribution in [-0.4, -0.2) is 29.9 Å². The van der Waals surface area contributed by atoms with E-state index in [1.807, 2.05) is 45.3 Å². The van der Waals surface area contributed by atoms with Crippen LogP contribution in [0.2, 0.25) is 0 Å². The minimum Gasteiger partial charge on any atom is -0.387 e. The van der Waals surface area contributed by atoms with Gasteiger partial charge in [-0.15, -0.1) is 0 Å². The van der Waals surface area contributed by atoms with Crippen molar-refractivity contribution in [2.75, 3.05) is 19.4 Å². The second-order valence-electron chi connectivity index (χ2n) is 5.21. The van der Waals surface area contributed by atoms with Gasteiger partial charge in [0.15, 0.2) is 0 Å². The maximum atomic E-state index is 12.6. The summed E-state index contributed by atoms with van der Waals surface area (Å²) in [6.45, 7) is 4.55. The standard InChI is InChI=1S/C17H21N3O/c1-12-7-5-6-8-14(12)11-20(4)17(21)15-10-19-13(2)9-16(15)18-3/h5-10H,11H2,1-4H3,(H,18,19). The lowest BCUT2D eigenvalue weighted by Crippen LogP contribution is -2.27. The summed E-state index contributed by atoms with van der Waals surface area (Å²) in [6, 6.07) is 9.98. The molecule has 4 heteroatoms. The first-order valence-electron chi connectivity index (χ1n) is 6.97. The van der Waals surface area contributed by atoms with Gasteiger partial charge in [-0.25, -0.2) is 0 Å². The molecule has 0 saturated heterocycles. The Balaban J connectivity index is 2.22. The van der Waals surface area contributed by atoms with Crippen LogP contribution in [0, 0.1) is 13.8 Å². The van der Waals surface area contributed by atoms with Crippen LogP contribution >= 0.6 is 0 Å². The zero-order valence-corrected chi connectivity index (χ0v) is 13.0. The number of anilines is 1. The van der Waals surface area contributed by atoms with E-state index in [0.29, 0.717) is 12.1 Å². The summed E-state index contributed by atoms with van der Waals surface area (Å²) in [5.74, 6) is -0.0323. The van der Waals surface area contributed by atoms with Gasteiger partial charge in [0, 0.05) is 32.5 Å². The molecular formula is C17H21N3O. The van der Waals surface area contributed by atoms with Gasteiger partial charge in [0.2, 0.25) is 0 Å². The van der Waals surface area contributed by atoms with E-state index in [1.54, 1.807) is 11.1 Å². The largest absolute Gasteiger partial charge is 0.387 e. The van der Waals surface area contributed by atoms with E-state index in [-0.39, 0.29) is 5.91 Å². The molecule has 2 rings (SSSR count). The number of hydrogen-bond acceptors (Lipinski definition) is 3. The average Bonchev–Trinajstić information content (AvgIpc) is 2.48. The maximum absolute atomic E-state index is 12.6. The number of aromatic nitrogens is 1. The Morgan fingerprint density at radius 2 is 2.00 bits per heavy atom. The van der Waals surface area contributed by atoms with Gasteiger partial charge >= 0.3 is 0 Å². The molecular weight excluding hydrogens is 262 g/mol. The second kappa shape index (κ2) is 6.39. The maximum Gasteiger partial charge on any atom is 0.257 e. The van der Waals surface area contributed by atoms with Crippen LogP contribution in [0.15, 0.2) is 36.5 Å². The predicted molar refractivity (Wildman–Crippen MR) is 85.5 cm³/mol. The molecule has 0 unspecified atom stereocenters. The molecule has 1 amide bonds. The molecule has 1 heterocycles. The van der Waals surface area contributed by atoms with Gasteiger partial charge in [0.25, 0.3) is 5.91 Å². The van der Waals surface area contributed by atoms with Crippen molar-refractivity contribution in [3.05, 3.63) is 58.9 Å². The van der Waals surface area contributed by atoms with Gasteiger partial charge in [0.1, 0.15) is 0 Å². The first-order chi connectivity index (χ1) is 10.0. The average molecular weight is 283 g/mol. The van der Waals surface area contributed by atoms with Gasteiger partial charge in [-0.05, 0) is 31.0 Å². The highest BCUT2D eigenvalue weighted by Crippen LogP contribution is 2.18. The second-order valence-corrected chi connectivity index (χ2v) is 5.21. The van der Waals surface area contributed by atoms with Crippen molar-refractivity contribution in [2.24, 2.45) is 0 Å². The molecule has 0 spiro atoms. The normalized spacial score (nSPS) is 10.3. The number of nitrogens with zero attached hydrogens (tertiary/aromatic N) is 2. The predicted octanol–water partition coefficient (Wildman–Crippen LogP) is 3.01. The fourth-order valence-electron chi connectivity index (χ4n) is 2.26. The fourth-order valence-corrected chi connectivity index (χ4v) is 2.26. The van der Waals surface area contributed by atoms with Gasteiger partial charge < -0.3 is 10.2 Å². The lowest BCUT2D eigenvalue weighted by atomic mass is 10.1. The molecule has 1 aromatic carbocycles. The molecule has 4 nitrogen and oxygen atoms in total. The summed E-state index contributed by atoms with van der Waals surface area (Å²) in [7, 11) is 3.63. The van der Waals surface area contributed by atoms with Gasteiger partial charge in [0.05, 0.1) is 11.3 Å². The third-order valence-electron chi connectivity index (χ3n) is 3.56. The van der Waals surface area contributed by atoms with E-state index >= 15 is 0 Å². The molecule has 0 atom stereocenters. The molecule has 0 radical (unpaired) electrons. The third-order valence-corrected chi connectivity index (χ3v) is 3.56. The van der Waals surface area contributed by atoms with Crippen LogP contribution in [0.3, 0.4) is 0 Å². The van der Waals surface area contributed by atoms with Crippen LogP contribution < -0.4 is 5.32 Å². The number of aryl methyl sites for hydroxylation is 2. The monoisotopic (exact) mass is 283 g/mol. The lowest BCUT2D eigenvalue weighted by molar-refractivity contribution is 0.0785. The van der Waals surface area contributed by atoms with Crippen molar-refractivity contribution in [3.63, 3.8) is 0 Å². The minimum atomic E-state index is -0.0323. The lowest BCUT2D eigenvalue weighted by Gasteiger charge is -2.20. The van der Waals surface area contributed by atoms with Crippen LogP contribution in [0.1, 0.15) is 27.2 Å². The summed E-state index contributed by atoms with van der Waals surface area (Å²) in [6.07, 6.45) is 1.64. The summed E-state index contributed by atoms with van der Waals surface area (Å²) < 4.78 is 0. The molecule has 0 saturated carbocycles. The van der Waals surface area contributed by atoms with E-state index in [9.17, 15) is 4.79 Å². The summed E-state index contributed by atoms with van der Waals surface area (Å²) in [5.41, 5.74) is 4.63. The Morgan fingerprint density at radius 1 is 1.29 bits per heavy atom. The summed E-state index contributed by atoms with van der Waals surface area (Å²) >= 11 is 0. The van der Waals surface area contributed by atoms with Crippen LogP contribution in [-0.2, 0) is 6.54 Å². The van der Waals surface area contributed by atoms with Crippen molar-refractivity contribution in [3.8, 4) is 0 Å². The molecule has 0 aliphatic rings. The van der Waals surface area contributed by atoms with Gasteiger partial charge in [-0.3, -0.25) is 9.78 Å². The minimum absolute atomic E-state index is 0.0323. The van der Waals surface area contributed by atoms with E-state index in [2.05, 4.69) is 23.3 Å². The Morgan fingerprint density at radius 3 is 2.67 bits per heavy atom. The van der Waals surface area contributed by atoms with Crippen LogP contribution in [0.4, 0.5) is 5.69 Å². The van der Waals surface area contributed by atoms with Crippen molar-refractivity contribution in [1.29, 1.82) is 0 Å². The Hall–Kier alpha value is -2.36. The number of carbonyl (C=O) groups excluding carboxylic acids is 1. The van der Waals surface area contributed by atoms with Crippen molar-refractivity contribution < 1.29 is 4.79 Å². The van der Waals surface area contributed by atoms with Gasteiger partial charge in [-0.2, -0.15) is 0 Å². The van der Waals surface area contributed by atoms with E-state index in [4.69, 9.17) is 0 Å². The van der Waals surface area contributed by atoms with Gasteiger partial charge in [-0.1, -0.05) is 24.3 Å². The number of rotatable bonds is 4. The zero-order valence-electron chi connectivity index (χ0n) is 13.0. The molecule has 0 bridgehead atoms. The number of amides is 1. The SMILES string of the molecule is CNc1cc(C)ncc1C(=O)N(C)Cc1ccccc1C. The quantitative estimate of drug-likeness (QED) is 0.938. The Kier molecular flexibility index (Phi) is 4.58. The van der Waals surface area contributed by atoms with E-state index in [0.717, 1.165) is 16.9 Å². The topological polar surface area (TPSA) is 45.2 Å². The smallest absolute Gasteiger partial charge is 0.257 e. The highest BCUT2D eigenvalue weighted by atomic mass is 16.2.